The zero-order valence-corrected chi connectivity index (χ0v) is 24.0. The molecule has 1 heterocycles. The Balaban J connectivity index is 1.42. The van der Waals surface area contributed by atoms with Crippen molar-refractivity contribution in [2.24, 2.45) is 0 Å². The fourth-order valence-corrected chi connectivity index (χ4v) is 5.96. The Morgan fingerprint density at radius 2 is 1.79 bits per heavy atom. The zero-order chi connectivity index (χ0) is 27.8. The summed E-state index contributed by atoms with van der Waals surface area (Å²) in [7, 11) is 1.60. The highest BCUT2D eigenvalue weighted by Gasteiger charge is 2.17. The van der Waals surface area contributed by atoms with Gasteiger partial charge in [0, 0.05) is 18.2 Å². The van der Waals surface area contributed by atoms with Crippen LogP contribution in [0.5, 0.6) is 5.75 Å². The topological polar surface area (TPSA) is 89.4 Å². The van der Waals surface area contributed by atoms with E-state index in [1.165, 1.54) is 12.5 Å². The van der Waals surface area contributed by atoms with Crippen LogP contribution >= 0.6 is 23.2 Å². The minimum Gasteiger partial charge on any atom is -0.497 e. The van der Waals surface area contributed by atoms with E-state index in [1.807, 2.05) is 42.5 Å². The SMILES string of the molecule is COc1cccc(/C=C/c2c(Cl)cc(Cl)c(=O)n2CCc2ccc(C(=O)NS(=O)NC3CCCCC3)cc2)c1. The summed E-state index contributed by atoms with van der Waals surface area (Å²) < 4.78 is 24.6. The van der Waals surface area contributed by atoms with Gasteiger partial charge in [-0.3, -0.25) is 14.3 Å². The number of benzene rings is 2. The first kappa shape index (κ1) is 29.1. The van der Waals surface area contributed by atoms with Gasteiger partial charge in [-0.05, 0) is 66.8 Å². The number of aryl methyl sites for hydroxylation is 1. The molecule has 0 saturated heterocycles. The number of hydrogen-bond donors (Lipinski definition) is 2. The first-order valence-corrected chi connectivity index (χ1v) is 14.7. The van der Waals surface area contributed by atoms with Crippen LogP contribution in [0.3, 0.4) is 0 Å². The first-order chi connectivity index (χ1) is 18.8. The molecule has 1 fully saturated rings. The van der Waals surface area contributed by atoms with Gasteiger partial charge in [0.2, 0.25) is 0 Å². The maximum Gasteiger partial charge on any atom is 0.269 e. The summed E-state index contributed by atoms with van der Waals surface area (Å²) in [5.74, 6) is 0.312. The molecule has 7 nitrogen and oxygen atoms in total. The third-order valence-electron chi connectivity index (χ3n) is 6.67. The van der Waals surface area contributed by atoms with Crippen LogP contribution in [0.4, 0.5) is 0 Å². The number of nitrogens with one attached hydrogen (secondary N) is 2. The second kappa shape index (κ2) is 13.9. The Labute approximate surface area is 240 Å². The molecule has 4 rings (SSSR count). The lowest BCUT2D eigenvalue weighted by Crippen LogP contribution is -2.41. The lowest BCUT2D eigenvalue weighted by Gasteiger charge is -2.21. The van der Waals surface area contributed by atoms with E-state index < -0.39 is 17.1 Å². The molecule has 1 aromatic heterocycles. The minimum atomic E-state index is -1.64. The van der Waals surface area contributed by atoms with Gasteiger partial charge in [0.25, 0.3) is 11.5 Å². The Morgan fingerprint density at radius 1 is 1.05 bits per heavy atom. The molecule has 1 amide bonds. The van der Waals surface area contributed by atoms with Crippen molar-refractivity contribution in [1.29, 1.82) is 0 Å². The maximum atomic E-state index is 12.9. The number of hydrogen-bond acceptors (Lipinski definition) is 4. The van der Waals surface area contributed by atoms with Gasteiger partial charge in [-0.15, -0.1) is 0 Å². The van der Waals surface area contributed by atoms with Crippen molar-refractivity contribution in [2.45, 2.75) is 51.1 Å². The molecule has 0 spiro atoms. The second-order valence-corrected chi connectivity index (χ2v) is 11.2. The van der Waals surface area contributed by atoms with Crippen LogP contribution in [-0.2, 0) is 24.1 Å². The van der Waals surface area contributed by atoms with E-state index in [4.69, 9.17) is 27.9 Å². The molecular weight excluding hydrogens is 557 g/mol. The smallest absolute Gasteiger partial charge is 0.269 e. The molecular formula is C29H31Cl2N3O4S. The number of aromatic nitrogens is 1. The van der Waals surface area contributed by atoms with Gasteiger partial charge in [-0.2, -0.15) is 0 Å². The fraction of sp³-hybridized carbons (Fsp3) is 0.310. The van der Waals surface area contributed by atoms with Gasteiger partial charge in [0.05, 0.1) is 17.8 Å². The average molecular weight is 589 g/mol. The Bertz CT molecular complexity index is 1420. The molecule has 2 N–H and O–H groups in total. The highest BCUT2D eigenvalue weighted by atomic mass is 35.5. The molecule has 1 unspecified atom stereocenters. The lowest BCUT2D eigenvalue weighted by atomic mass is 9.96. The molecule has 1 saturated carbocycles. The van der Waals surface area contributed by atoms with E-state index in [0.29, 0.717) is 29.2 Å². The molecule has 10 heteroatoms. The lowest BCUT2D eigenvalue weighted by molar-refractivity contribution is 0.0982. The molecule has 1 aliphatic carbocycles. The van der Waals surface area contributed by atoms with Gasteiger partial charge >= 0.3 is 0 Å². The Morgan fingerprint density at radius 3 is 2.51 bits per heavy atom. The highest BCUT2D eigenvalue weighted by molar-refractivity contribution is 7.81. The summed E-state index contributed by atoms with van der Waals surface area (Å²) in [6.45, 7) is 0.331. The van der Waals surface area contributed by atoms with E-state index in [0.717, 1.165) is 42.6 Å². The highest BCUT2D eigenvalue weighted by Crippen LogP contribution is 2.22. The molecule has 2 aromatic carbocycles. The van der Waals surface area contributed by atoms with Gasteiger partial charge in [0.15, 0.2) is 11.2 Å². The quantitative estimate of drug-likeness (QED) is 0.313. The van der Waals surface area contributed by atoms with E-state index in [1.54, 1.807) is 29.9 Å². The number of methoxy groups -OCH3 is 1. The molecule has 0 bridgehead atoms. The largest absolute Gasteiger partial charge is 0.497 e. The summed E-state index contributed by atoms with van der Waals surface area (Å²) in [6, 6.07) is 16.1. The van der Waals surface area contributed by atoms with Crippen LogP contribution in [0, 0.1) is 0 Å². The number of rotatable bonds is 10. The summed E-state index contributed by atoms with van der Waals surface area (Å²) in [5, 5.41) is 0.404. The summed E-state index contributed by atoms with van der Waals surface area (Å²) in [4.78, 5) is 25.4. The van der Waals surface area contributed by atoms with Crippen LogP contribution in [-0.4, -0.2) is 27.8 Å². The van der Waals surface area contributed by atoms with Crippen molar-refractivity contribution in [3.05, 3.63) is 97.4 Å². The predicted molar refractivity (Wildman–Crippen MR) is 158 cm³/mol. The molecule has 1 aliphatic rings. The Kier molecular flexibility index (Phi) is 10.4. The molecule has 39 heavy (non-hydrogen) atoms. The summed E-state index contributed by atoms with van der Waals surface area (Å²) >= 11 is 11.0. The first-order valence-electron chi connectivity index (χ1n) is 12.8. The van der Waals surface area contributed by atoms with Crippen molar-refractivity contribution in [3.8, 4) is 5.75 Å². The van der Waals surface area contributed by atoms with E-state index >= 15 is 0 Å². The van der Waals surface area contributed by atoms with Crippen molar-refractivity contribution in [3.63, 3.8) is 0 Å². The van der Waals surface area contributed by atoms with Crippen molar-refractivity contribution < 1.29 is 13.7 Å². The average Bonchev–Trinajstić information content (AvgIpc) is 2.94. The normalized spacial score (nSPS) is 14.8. The number of halogens is 2. The fourth-order valence-electron chi connectivity index (χ4n) is 4.53. The molecule has 1 atom stereocenters. The number of nitrogens with zero attached hydrogens (tertiary/aromatic N) is 1. The van der Waals surface area contributed by atoms with E-state index in [-0.39, 0.29) is 16.6 Å². The molecule has 0 aliphatic heterocycles. The van der Waals surface area contributed by atoms with Crippen LogP contribution in [0.2, 0.25) is 10.0 Å². The maximum absolute atomic E-state index is 12.9. The Hall–Kier alpha value is -2.91. The predicted octanol–water partition coefficient (Wildman–Crippen LogP) is 5.81. The van der Waals surface area contributed by atoms with Crippen molar-refractivity contribution >= 4 is 52.4 Å². The monoisotopic (exact) mass is 587 g/mol. The van der Waals surface area contributed by atoms with Crippen LogP contribution < -0.4 is 19.7 Å². The number of amides is 1. The molecule has 3 aromatic rings. The third kappa shape index (κ3) is 8.05. The number of carbonyl (C=O) groups excluding carboxylic acids is 1. The van der Waals surface area contributed by atoms with E-state index in [9.17, 15) is 13.8 Å². The van der Waals surface area contributed by atoms with Gasteiger partial charge < -0.3 is 9.30 Å². The van der Waals surface area contributed by atoms with Crippen molar-refractivity contribution in [2.75, 3.05) is 7.11 Å². The zero-order valence-electron chi connectivity index (χ0n) is 21.6. The molecule has 206 valence electrons. The number of carbonyl (C=O) groups is 1. The van der Waals surface area contributed by atoms with Crippen LogP contribution in [0.1, 0.15) is 59.3 Å². The summed E-state index contributed by atoms with van der Waals surface area (Å²) in [6.07, 6.45) is 9.50. The molecule has 0 radical (unpaired) electrons. The van der Waals surface area contributed by atoms with Crippen molar-refractivity contribution in [1.82, 2.24) is 14.0 Å². The number of ether oxygens (including phenoxy) is 1. The van der Waals surface area contributed by atoms with Crippen LogP contribution in [0.25, 0.3) is 12.2 Å². The number of pyridine rings is 1. The van der Waals surface area contributed by atoms with Gasteiger partial charge in [-0.25, -0.2) is 8.93 Å². The van der Waals surface area contributed by atoms with Crippen LogP contribution in [0.15, 0.2) is 59.4 Å². The van der Waals surface area contributed by atoms with Gasteiger partial charge in [-0.1, -0.05) is 72.8 Å². The second-order valence-electron chi connectivity index (χ2n) is 9.39. The van der Waals surface area contributed by atoms with E-state index in [2.05, 4.69) is 9.44 Å². The van der Waals surface area contributed by atoms with Gasteiger partial charge in [0.1, 0.15) is 10.8 Å². The minimum absolute atomic E-state index is 0.0420. The standard InChI is InChI=1S/C29H31Cl2N3O4S/c1-38-24-9-5-6-21(18-24)12-15-27-25(30)19-26(31)29(36)34(27)17-16-20-10-13-22(14-11-20)28(35)33-39(37)32-23-7-3-2-4-8-23/h5-6,9-15,18-19,23,32H,2-4,7-8,16-17H2,1H3,(H,33,35)/b15-12+. The third-order valence-corrected chi connectivity index (χ3v) is 8.16. The summed E-state index contributed by atoms with van der Waals surface area (Å²) in [5.41, 5.74) is 2.41.